The van der Waals surface area contributed by atoms with E-state index in [0.717, 1.165) is 18.4 Å². The molecule has 0 radical (unpaired) electrons. The number of nitrogens with one attached hydrogen (secondary N) is 2. The number of hydrogen-bond acceptors (Lipinski definition) is 5. The molecule has 24 heavy (non-hydrogen) atoms. The maximum Gasteiger partial charge on any atom is 0.315 e. The van der Waals surface area contributed by atoms with Crippen molar-refractivity contribution < 1.29 is 18.5 Å². The number of amides is 2. The van der Waals surface area contributed by atoms with E-state index in [9.17, 15) is 14.0 Å². The fourth-order valence-electron chi connectivity index (χ4n) is 2.14. The number of carbonyl (C=O) groups is 2. The van der Waals surface area contributed by atoms with Gasteiger partial charge < -0.3 is 15.2 Å². The molecule has 1 aliphatic rings. The first-order valence-electron chi connectivity index (χ1n) is 7.75. The maximum absolute atomic E-state index is 12.8. The van der Waals surface area contributed by atoms with Crippen LogP contribution in [-0.2, 0) is 11.2 Å². The standard InChI is InChI=1S/C16H17FN4O3/c17-12-5-1-10(2-6-12)9-13(22)18-7-8-19-15(23)16-20-14(21-24-16)11-3-4-11/h1-2,5-6,11H,3-4,7-9H2,(H,18,22)(H,19,23). The molecule has 1 aromatic heterocycles. The Morgan fingerprint density at radius 3 is 2.58 bits per heavy atom. The third-order valence-electron chi connectivity index (χ3n) is 3.59. The lowest BCUT2D eigenvalue weighted by molar-refractivity contribution is -0.120. The Balaban J connectivity index is 1.35. The molecule has 2 amide bonds. The molecule has 1 fully saturated rings. The predicted octanol–water partition coefficient (Wildman–Crippen LogP) is 1.17. The first kappa shape index (κ1) is 16.1. The van der Waals surface area contributed by atoms with Gasteiger partial charge in [-0.25, -0.2) is 4.39 Å². The molecule has 1 saturated carbocycles. The van der Waals surface area contributed by atoms with Crippen LogP contribution in [0.3, 0.4) is 0 Å². The Bertz CT molecular complexity index is 725. The van der Waals surface area contributed by atoms with Crippen LogP contribution >= 0.6 is 0 Å². The van der Waals surface area contributed by atoms with E-state index in [4.69, 9.17) is 4.52 Å². The summed E-state index contributed by atoms with van der Waals surface area (Å²) in [5, 5.41) is 9.04. The molecule has 1 aromatic carbocycles. The summed E-state index contributed by atoms with van der Waals surface area (Å²) in [5.74, 6) is -0.164. The van der Waals surface area contributed by atoms with Gasteiger partial charge in [-0.1, -0.05) is 17.3 Å². The lowest BCUT2D eigenvalue weighted by Gasteiger charge is -2.06. The van der Waals surface area contributed by atoms with E-state index in [1.807, 2.05) is 0 Å². The fraction of sp³-hybridized carbons (Fsp3) is 0.375. The molecule has 8 heteroatoms. The van der Waals surface area contributed by atoms with Crippen molar-refractivity contribution in [3.63, 3.8) is 0 Å². The second kappa shape index (κ2) is 7.20. The zero-order chi connectivity index (χ0) is 16.9. The van der Waals surface area contributed by atoms with Crippen molar-refractivity contribution in [1.29, 1.82) is 0 Å². The quantitative estimate of drug-likeness (QED) is 0.742. The van der Waals surface area contributed by atoms with Gasteiger partial charge in [0.25, 0.3) is 0 Å². The molecule has 1 heterocycles. The molecule has 126 valence electrons. The monoisotopic (exact) mass is 332 g/mol. The molecule has 0 bridgehead atoms. The van der Waals surface area contributed by atoms with Crippen molar-refractivity contribution in [2.75, 3.05) is 13.1 Å². The van der Waals surface area contributed by atoms with E-state index in [-0.39, 0.29) is 37.1 Å². The highest BCUT2D eigenvalue weighted by Gasteiger charge is 2.29. The summed E-state index contributed by atoms with van der Waals surface area (Å²) in [6, 6.07) is 5.74. The summed E-state index contributed by atoms with van der Waals surface area (Å²) >= 11 is 0. The highest BCUT2D eigenvalue weighted by molar-refractivity contribution is 5.89. The van der Waals surface area contributed by atoms with Crippen LogP contribution in [0.2, 0.25) is 0 Å². The Morgan fingerprint density at radius 2 is 1.88 bits per heavy atom. The van der Waals surface area contributed by atoms with Crippen molar-refractivity contribution in [3.05, 3.63) is 47.4 Å². The highest BCUT2D eigenvalue weighted by atomic mass is 19.1. The normalized spacial score (nSPS) is 13.5. The van der Waals surface area contributed by atoms with Crippen LogP contribution in [0.4, 0.5) is 4.39 Å². The molecule has 3 rings (SSSR count). The number of nitrogens with zero attached hydrogens (tertiary/aromatic N) is 2. The third kappa shape index (κ3) is 4.37. The lowest BCUT2D eigenvalue weighted by atomic mass is 10.1. The Labute approximate surface area is 137 Å². The minimum absolute atomic E-state index is 0.0606. The average molecular weight is 332 g/mol. The second-order valence-electron chi connectivity index (χ2n) is 5.64. The molecule has 0 atom stereocenters. The summed E-state index contributed by atoms with van der Waals surface area (Å²) in [7, 11) is 0. The minimum atomic E-state index is -0.456. The molecule has 0 unspecified atom stereocenters. The van der Waals surface area contributed by atoms with Gasteiger partial charge in [0.2, 0.25) is 5.91 Å². The molecule has 2 N–H and O–H groups in total. The van der Waals surface area contributed by atoms with E-state index < -0.39 is 5.91 Å². The fourth-order valence-corrected chi connectivity index (χ4v) is 2.14. The Morgan fingerprint density at radius 1 is 1.17 bits per heavy atom. The SMILES string of the molecule is O=C(Cc1ccc(F)cc1)NCCNC(=O)c1nc(C2CC2)no1. The summed E-state index contributed by atoms with van der Waals surface area (Å²) < 4.78 is 17.7. The van der Waals surface area contributed by atoms with Crippen molar-refractivity contribution in [3.8, 4) is 0 Å². The van der Waals surface area contributed by atoms with Gasteiger partial charge in [0, 0.05) is 19.0 Å². The Kier molecular flexibility index (Phi) is 4.83. The summed E-state index contributed by atoms with van der Waals surface area (Å²) in [6.07, 6.45) is 2.21. The first-order chi connectivity index (χ1) is 11.6. The Hall–Kier alpha value is -2.77. The van der Waals surface area contributed by atoms with E-state index in [0.29, 0.717) is 11.7 Å². The van der Waals surface area contributed by atoms with Crippen LogP contribution in [0, 0.1) is 5.82 Å². The average Bonchev–Trinajstić information content (AvgIpc) is 3.30. The van der Waals surface area contributed by atoms with Gasteiger partial charge in [-0.15, -0.1) is 0 Å². The van der Waals surface area contributed by atoms with Gasteiger partial charge in [-0.05, 0) is 30.5 Å². The van der Waals surface area contributed by atoms with Crippen molar-refractivity contribution >= 4 is 11.8 Å². The second-order valence-corrected chi connectivity index (χ2v) is 5.64. The molecule has 0 spiro atoms. The number of halogens is 1. The molecule has 7 nitrogen and oxygen atoms in total. The topological polar surface area (TPSA) is 97.1 Å². The molecular weight excluding hydrogens is 315 g/mol. The van der Waals surface area contributed by atoms with Crippen molar-refractivity contribution in [1.82, 2.24) is 20.8 Å². The highest BCUT2D eigenvalue weighted by Crippen LogP contribution is 2.37. The number of hydrogen-bond donors (Lipinski definition) is 2. The van der Waals surface area contributed by atoms with Crippen LogP contribution in [-0.4, -0.2) is 35.0 Å². The van der Waals surface area contributed by atoms with Gasteiger partial charge in [0.15, 0.2) is 5.82 Å². The zero-order valence-corrected chi connectivity index (χ0v) is 12.9. The zero-order valence-electron chi connectivity index (χ0n) is 12.9. The summed E-state index contributed by atoms with van der Waals surface area (Å²) in [6.45, 7) is 0.518. The van der Waals surface area contributed by atoms with Gasteiger partial charge in [-0.3, -0.25) is 9.59 Å². The van der Waals surface area contributed by atoms with E-state index in [2.05, 4.69) is 20.8 Å². The molecular formula is C16H17FN4O3. The maximum atomic E-state index is 12.8. The third-order valence-corrected chi connectivity index (χ3v) is 3.59. The lowest BCUT2D eigenvalue weighted by Crippen LogP contribution is -2.35. The number of rotatable bonds is 7. The van der Waals surface area contributed by atoms with E-state index in [1.165, 1.54) is 12.1 Å². The molecule has 0 saturated heterocycles. The van der Waals surface area contributed by atoms with E-state index >= 15 is 0 Å². The first-order valence-corrected chi connectivity index (χ1v) is 7.75. The van der Waals surface area contributed by atoms with Crippen LogP contribution in [0.5, 0.6) is 0 Å². The number of carbonyl (C=O) groups excluding carboxylic acids is 2. The molecule has 2 aromatic rings. The van der Waals surface area contributed by atoms with Crippen LogP contribution < -0.4 is 10.6 Å². The summed E-state index contributed by atoms with van der Waals surface area (Å²) in [5.41, 5.74) is 0.719. The molecule has 0 aliphatic heterocycles. The van der Waals surface area contributed by atoms with Crippen molar-refractivity contribution in [2.45, 2.75) is 25.2 Å². The number of aromatic nitrogens is 2. The van der Waals surface area contributed by atoms with Crippen LogP contribution in [0.1, 0.15) is 40.8 Å². The van der Waals surface area contributed by atoms with Crippen molar-refractivity contribution in [2.24, 2.45) is 0 Å². The van der Waals surface area contributed by atoms with Crippen LogP contribution in [0.15, 0.2) is 28.8 Å². The van der Waals surface area contributed by atoms with Gasteiger partial charge >= 0.3 is 11.8 Å². The van der Waals surface area contributed by atoms with Gasteiger partial charge in [-0.2, -0.15) is 4.98 Å². The summed E-state index contributed by atoms with van der Waals surface area (Å²) in [4.78, 5) is 27.6. The molecule has 1 aliphatic carbocycles. The van der Waals surface area contributed by atoms with Gasteiger partial charge in [0.1, 0.15) is 5.82 Å². The minimum Gasteiger partial charge on any atom is -0.354 e. The largest absolute Gasteiger partial charge is 0.354 e. The van der Waals surface area contributed by atoms with Gasteiger partial charge in [0.05, 0.1) is 6.42 Å². The van der Waals surface area contributed by atoms with E-state index in [1.54, 1.807) is 12.1 Å². The van der Waals surface area contributed by atoms with Crippen LogP contribution in [0.25, 0.3) is 0 Å². The predicted molar refractivity (Wildman–Crippen MR) is 81.7 cm³/mol. The number of benzene rings is 1. The smallest absolute Gasteiger partial charge is 0.315 e.